The lowest BCUT2D eigenvalue weighted by Crippen LogP contribution is -2.56. The zero-order chi connectivity index (χ0) is 15.4. The zero-order valence-corrected chi connectivity index (χ0v) is 12.0. The summed E-state index contributed by atoms with van der Waals surface area (Å²) >= 11 is 0. The van der Waals surface area contributed by atoms with E-state index >= 15 is 0 Å². The highest BCUT2D eigenvalue weighted by atomic mass is 16.6. The maximum atomic E-state index is 10.1. The molecular weight excluding hydrogens is 278 g/mol. The largest absolute Gasteiger partial charge is 0.394 e. The molecule has 1 unspecified atom stereocenters. The lowest BCUT2D eigenvalue weighted by molar-refractivity contribution is -0.265. The first-order chi connectivity index (χ1) is 10.1. The van der Waals surface area contributed by atoms with Gasteiger partial charge in [0.25, 0.3) is 0 Å². The molecule has 8 heteroatoms. The maximum absolute atomic E-state index is 10.1. The Hall–Kier alpha value is -1.06. The molecule has 5 atom stereocenters. The highest BCUT2D eigenvalue weighted by molar-refractivity contribution is 4.98. The van der Waals surface area contributed by atoms with Crippen LogP contribution in [0.25, 0.3) is 0 Å². The molecule has 21 heavy (non-hydrogen) atoms. The van der Waals surface area contributed by atoms with Gasteiger partial charge in [0.2, 0.25) is 0 Å². The quantitative estimate of drug-likeness (QED) is 0.496. The number of unbranched alkanes of at least 4 members (excludes halogenated alkanes) is 2. The van der Waals surface area contributed by atoms with Crippen molar-refractivity contribution in [1.82, 2.24) is 15.0 Å². The van der Waals surface area contributed by atoms with E-state index in [1.807, 2.05) is 0 Å². The minimum absolute atomic E-state index is 0.484. The summed E-state index contributed by atoms with van der Waals surface area (Å²) in [5, 5.41) is 46.8. The maximum Gasteiger partial charge on any atom is 0.180 e. The first-order valence-electron chi connectivity index (χ1n) is 7.29. The number of aryl methyl sites for hydroxylation is 1. The van der Waals surface area contributed by atoms with Crippen LogP contribution in [0.2, 0.25) is 0 Å². The molecule has 0 amide bonds. The summed E-state index contributed by atoms with van der Waals surface area (Å²) in [7, 11) is 0. The Morgan fingerprint density at radius 2 is 2.00 bits per heavy atom. The molecule has 0 aliphatic carbocycles. The van der Waals surface area contributed by atoms with Gasteiger partial charge in [0.05, 0.1) is 12.3 Å². The lowest BCUT2D eigenvalue weighted by Gasteiger charge is -2.39. The van der Waals surface area contributed by atoms with Gasteiger partial charge in [-0.3, -0.25) is 0 Å². The van der Waals surface area contributed by atoms with Crippen LogP contribution in [0, 0.1) is 0 Å². The van der Waals surface area contributed by atoms with Crippen LogP contribution in [0.4, 0.5) is 0 Å². The molecule has 1 aliphatic heterocycles. The van der Waals surface area contributed by atoms with E-state index < -0.39 is 37.3 Å². The number of nitrogens with zero attached hydrogens (tertiary/aromatic N) is 3. The predicted octanol–water partition coefficient (Wildman–Crippen LogP) is -1.02. The van der Waals surface area contributed by atoms with Crippen LogP contribution in [0.3, 0.4) is 0 Å². The molecule has 0 bridgehead atoms. The van der Waals surface area contributed by atoms with Crippen LogP contribution in [0.1, 0.15) is 37.9 Å². The number of ether oxygens (including phenoxy) is 1. The fourth-order valence-corrected chi connectivity index (χ4v) is 2.50. The molecule has 1 aromatic rings. The van der Waals surface area contributed by atoms with Crippen LogP contribution in [0.15, 0.2) is 6.20 Å². The van der Waals surface area contributed by atoms with Gasteiger partial charge in [-0.1, -0.05) is 25.0 Å². The van der Waals surface area contributed by atoms with Gasteiger partial charge >= 0.3 is 0 Å². The SMILES string of the molecule is CCCCCc1cn([C@H]2C(O)O[C@H](CO)[C@@H](O)[C@@H]2O)nn1. The lowest BCUT2D eigenvalue weighted by atomic mass is 9.97. The van der Waals surface area contributed by atoms with Gasteiger partial charge in [-0.15, -0.1) is 5.10 Å². The van der Waals surface area contributed by atoms with Crippen molar-refractivity contribution in [2.45, 2.75) is 63.3 Å². The molecule has 1 aliphatic rings. The fraction of sp³-hybridized carbons (Fsp3) is 0.846. The molecular formula is C13H23N3O5. The first-order valence-corrected chi connectivity index (χ1v) is 7.29. The van der Waals surface area contributed by atoms with Crippen LogP contribution in [-0.2, 0) is 11.2 Å². The molecule has 0 saturated carbocycles. The topological polar surface area (TPSA) is 121 Å². The molecule has 0 spiro atoms. The number of aliphatic hydroxyl groups excluding tert-OH is 4. The van der Waals surface area contributed by atoms with Gasteiger partial charge in [0.1, 0.15) is 24.4 Å². The summed E-state index contributed by atoms with van der Waals surface area (Å²) in [6.45, 7) is 1.63. The standard InChI is InChI=1S/C13H23N3O5/c1-2-3-4-5-8-6-16(15-14-8)10-12(19)11(18)9(7-17)21-13(10)20/h6,9-13,17-20H,2-5,7H2,1H3/t9-,10-,11-,12-,13?/m1/s1. The minimum Gasteiger partial charge on any atom is -0.394 e. The third kappa shape index (κ3) is 3.58. The van der Waals surface area contributed by atoms with Gasteiger partial charge in [-0.2, -0.15) is 0 Å². The molecule has 0 radical (unpaired) electrons. The summed E-state index contributed by atoms with van der Waals surface area (Å²) in [5.74, 6) is 0. The Balaban J connectivity index is 2.06. The van der Waals surface area contributed by atoms with Crippen molar-refractivity contribution in [1.29, 1.82) is 0 Å². The molecule has 2 heterocycles. The highest BCUT2D eigenvalue weighted by Gasteiger charge is 2.45. The Morgan fingerprint density at radius 1 is 1.24 bits per heavy atom. The molecule has 2 rings (SSSR count). The smallest absolute Gasteiger partial charge is 0.180 e. The van der Waals surface area contributed by atoms with E-state index in [0.29, 0.717) is 0 Å². The van der Waals surface area contributed by atoms with Crippen LogP contribution >= 0.6 is 0 Å². The van der Waals surface area contributed by atoms with Crippen molar-refractivity contribution < 1.29 is 25.2 Å². The van der Waals surface area contributed by atoms with Crippen molar-refractivity contribution in [3.8, 4) is 0 Å². The summed E-state index contributed by atoms with van der Waals surface area (Å²) in [4.78, 5) is 0. The first kappa shape index (κ1) is 16.3. The summed E-state index contributed by atoms with van der Waals surface area (Å²) < 4.78 is 6.41. The van der Waals surface area contributed by atoms with E-state index in [0.717, 1.165) is 31.4 Å². The fourth-order valence-electron chi connectivity index (χ4n) is 2.50. The normalized spacial score (nSPS) is 33.3. The molecule has 0 aromatic carbocycles. The third-order valence-corrected chi connectivity index (χ3v) is 3.77. The van der Waals surface area contributed by atoms with Gasteiger partial charge in [-0.05, 0) is 12.8 Å². The number of hydrogen-bond donors (Lipinski definition) is 4. The molecule has 120 valence electrons. The number of rotatable bonds is 6. The van der Waals surface area contributed by atoms with E-state index in [1.165, 1.54) is 4.68 Å². The van der Waals surface area contributed by atoms with Gasteiger partial charge in [-0.25, -0.2) is 4.68 Å². The second-order valence-electron chi connectivity index (χ2n) is 5.37. The second kappa shape index (κ2) is 7.28. The van der Waals surface area contributed by atoms with E-state index in [9.17, 15) is 15.3 Å². The highest BCUT2D eigenvalue weighted by Crippen LogP contribution is 2.28. The van der Waals surface area contributed by atoms with E-state index in [2.05, 4.69) is 17.2 Å². The summed E-state index contributed by atoms with van der Waals surface area (Å²) in [6.07, 6.45) is 0.642. The Kier molecular flexibility index (Phi) is 5.65. The average Bonchev–Trinajstić information content (AvgIpc) is 2.92. The molecule has 1 saturated heterocycles. The number of aromatic nitrogens is 3. The average molecular weight is 301 g/mol. The monoisotopic (exact) mass is 301 g/mol. The van der Waals surface area contributed by atoms with Gasteiger partial charge < -0.3 is 25.2 Å². The van der Waals surface area contributed by atoms with E-state index in [1.54, 1.807) is 6.20 Å². The van der Waals surface area contributed by atoms with Crippen LogP contribution in [0.5, 0.6) is 0 Å². The van der Waals surface area contributed by atoms with Crippen molar-refractivity contribution in [2.24, 2.45) is 0 Å². The molecule has 4 N–H and O–H groups in total. The minimum atomic E-state index is -1.37. The Morgan fingerprint density at radius 3 is 2.67 bits per heavy atom. The van der Waals surface area contributed by atoms with Crippen LogP contribution < -0.4 is 0 Å². The summed E-state index contributed by atoms with van der Waals surface area (Å²) in [6, 6.07) is -0.949. The Labute approximate surface area is 123 Å². The predicted molar refractivity (Wildman–Crippen MR) is 72.3 cm³/mol. The number of hydrogen-bond acceptors (Lipinski definition) is 7. The summed E-state index contributed by atoms with van der Waals surface area (Å²) in [5.41, 5.74) is 0.765. The van der Waals surface area contributed by atoms with Crippen molar-refractivity contribution in [3.63, 3.8) is 0 Å². The van der Waals surface area contributed by atoms with Crippen molar-refractivity contribution in [3.05, 3.63) is 11.9 Å². The zero-order valence-electron chi connectivity index (χ0n) is 12.0. The molecule has 8 nitrogen and oxygen atoms in total. The van der Waals surface area contributed by atoms with E-state index in [4.69, 9.17) is 9.84 Å². The van der Waals surface area contributed by atoms with Crippen molar-refractivity contribution >= 4 is 0 Å². The van der Waals surface area contributed by atoms with Crippen molar-refractivity contribution in [2.75, 3.05) is 6.61 Å². The van der Waals surface area contributed by atoms with Crippen LogP contribution in [-0.4, -0.2) is 66.6 Å². The van der Waals surface area contributed by atoms with E-state index in [-0.39, 0.29) is 0 Å². The molecule has 1 aromatic heterocycles. The van der Waals surface area contributed by atoms with Gasteiger partial charge in [0.15, 0.2) is 6.29 Å². The number of aliphatic hydroxyl groups is 4. The second-order valence-corrected chi connectivity index (χ2v) is 5.37. The third-order valence-electron chi connectivity index (χ3n) is 3.77. The Bertz CT molecular complexity index is 441. The molecule has 1 fully saturated rings. The van der Waals surface area contributed by atoms with Gasteiger partial charge in [0, 0.05) is 6.20 Å².